The fourth-order valence-electron chi connectivity index (χ4n) is 2.44. The number of rotatable bonds is 5. The molecule has 5 nitrogen and oxygen atoms in total. The van der Waals surface area contributed by atoms with E-state index in [-0.39, 0.29) is 24.4 Å². The van der Waals surface area contributed by atoms with Gasteiger partial charge in [-0.05, 0) is 31.2 Å². The number of aliphatic carboxylic acids is 1. The average molecular weight is 297 g/mol. The van der Waals surface area contributed by atoms with Gasteiger partial charge in [-0.15, -0.1) is 11.3 Å². The van der Waals surface area contributed by atoms with Crippen LogP contribution < -0.4 is 0 Å². The highest BCUT2D eigenvalue weighted by atomic mass is 32.1. The molecule has 2 rings (SSSR count). The van der Waals surface area contributed by atoms with Gasteiger partial charge in [-0.25, -0.2) is 0 Å². The van der Waals surface area contributed by atoms with Gasteiger partial charge in [0.2, 0.25) is 5.91 Å². The molecule has 0 unspecified atom stereocenters. The number of nitrogens with zero attached hydrogens (tertiary/aromatic N) is 1. The Balaban J connectivity index is 2.12. The van der Waals surface area contributed by atoms with Crippen LogP contribution in [-0.2, 0) is 14.3 Å². The molecule has 0 aliphatic carbocycles. The fourth-order valence-corrected chi connectivity index (χ4v) is 3.21. The lowest BCUT2D eigenvalue weighted by molar-refractivity contribution is -0.148. The van der Waals surface area contributed by atoms with Crippen molar-refractivity contribution in [3.8, 4) is 0 Å². The van der Waals surface area contributed by atoms with Crippen LogP contribution in [0.15, 0.2) is 17.5 Å². The van der Waals surface area contributed by atoms with Crippen LogP contribution in [0.2, 0.25) is 0 Å². The molecule has 1 N–H and O–H groups in total. The lowest BCUT2D eigenvalue weighted by atomic mass is 10.0. The van der Waals surface area contributed by atoms with Crippen molar-refractivity contribution in [1.29, 1.82) is 0 Å². The Kier molecular flexibility index (Phi) is 5.14. The van der Waals surface area contributed by atoms with Gasteiger partial charge in [0.25, 0.3) is 0 Å². The van der Waals surface area contributed by atoms with E-state index in [4.69, 9.17) is 9.84 Å². The zero-order chi connectivity index (χ0) is 14.5. The van der Waals surface area contributed by atoms with Crippen molar-refractivity contribution in [1.82, 2.24) is 4.90 Å². The quantitative estimate of drug-likeness (QED) is 0.902. The maximum atomic E-state index is 12.6. The van der Waals surface area contributed by atoms with Gasteiger partial charge in [-0.2, -0.15) is 0 Å². The largest absolute Gasteiger partial charge is 0.480 e. The molecule has 0 aromatic carbocycles. The van der Waals surface area contributed by atoms with Crippen LogP contribution in [0.5, 0.6) is 0 Å². The Labute approximate surface area is 122 Å². The van der Waals surface area contributed by atoms with Gasteiger partial charge < -0.3 is 14.7 Å². The smallest absolute Gasteiger partial charge is 0.323 e. The first-order chi connectivity index (χ1) is 9.59. The summed E-state index contributed by atoms with van der Waals surface area (Å²) in [4.78, 5) is 26.1. The van der Waals surface area contributed by atoms with E-state index in [1.165, 1.54) is 16.2 Å². The third-order valence-corrected chi connectivity index (χ3v) is 4.62. The van der Waals surface area contributed by atoms with Crippen molar-refractivity contribution in [3.05, 3.63) is 22.4 Å². The molecule has 20 heavy (non-hydrogen) atoms. The van der Waals surface area contributed by atoms with E-state index in [9.17, 15) is 9.59 Å². The van der Waals surface area contributed by atoms with Crippen molar-refractivity contribution < 1.29 is 19.4 Å². The number of carboxylic acids is 1. The van der Waals surface area contributed by atoms with E-state index in [0.717, 1.165) is 4.88 Å². The van der Waals surface area contributed by atoms with Crippen molar-refractivity contribution >= 4 is 23.2 Å². The number of ether oxygens (including phenoxy) is 1. The lowest BCUT2D eigenvalue weighted by Crippen LogP contribution is -2.47. The van der Waals surface area contributed by atoms with Gasteiger partial charge in [0, 0.05) is 24.1 Å². The minimum Gasteiger partial charge on any atom is -0.480 e. The van der Waals surface area contributed by atoms with E-state index in [1.54, 1.807) is 0 Å². The first kappa shape index (κ1) is 15.0. The van der Waals surface area contributed by atoms with E-state index in [0.29, 0.717) is 26.1 Å². The molecule has 0 bridgehead atoms. The standard InChI is InChI=1S/C14H19NO4S/c1-10(12-3-2-8-20-12)14(18)15(9-13(16)17)11-4-6-19-7-5-11/h2-3,8,10-11H,4-7,9H2,1H3,(H,16,17)/t10-/m1/s1. The number of carboxylic acid groups (broad SMARTS) is 1. The van der Waals surface area contributed by atoms with Gasteiger partial charge in [0.15, 0.2) is 0 Å². The van der Waals surface area contributed by atoms with Crippen LogP contribution in [-0.4, -0.2) is 47.7 Å². The second-order valence-corrected chi connectivity index (χ2v) is 5.92. The Hall–Kier alpha value is -1.40. The zero-order valence-electron chi connectivity index (χ0n) is 11.4. The van der Waals surface area contributed by atoms with Crippen molar-refractivity contribution in [2.75, 3.05) is 19.8 Å². The molecule has 1 atom stereocenters. The molecule has 1 amide bonds. The number of hydrogen-bond acceptors (Lipinski definition) is 4. The van der Waals surface area contributed by atoms with E-state index < -0.39 is 5.97 Å². The summed E-state index contributed by atoms with van der Waals surface area (Å²) < 4.78 is 5.28. The summed E-state index contributed by atoms with van der Waals surface area (Å²) in [7, 11) is 0. The maximum Gasteiger partial charge on any atom is 0.323 e. The van der Waals surface area contributed by atoms with Crippen LogP contribution in [0.3, 0.4) is 0 Å². The van der Waals surface area contributed by atoms with E-state index in [2.05, 4.69) is 0 Å². The van der Waals surface area contributed by atoms with Crippen molar-refractivity contribution in [3.63, 3.8) is 0 Å². The molecular formula is C14H19NO4S. The second kappa shape index (κ2) is 6.85. The Morgan fingerprint density at radius 2 is 2.20 bits per heavy atom. The summed E-state index contributed by atoms with van der Waals surface area (Å²) in [6.45, 7) is 2.77. The van der Waals surface area contributed by atoms with Gasteiger partial charge in [-0.3, -0.25) is 9.59 Å². The minimum atomic E-state index is -0.969. The van der Waals surface area contributed by atoms with Crippen LogP contribution in [0.4, 0.5) is 0 Å². The van der Waals surface area contributed by atoms with Gasteiger partial charge >= 0.3 is 5.97 Å². The van der Waals surface area contributed by atoms with Gasteiger partial charge in [0.1, 0.15) is 6.54 Å². The Bertz CT molecular complexity index is 454. The fraction of sp³-hybridized carbons (Fsp3) is 0.571. The summed E-state index contributed by atoms with van der Waals surface area (Å²) >= 11 is 1.52. The highest BCUT2D eigenvalue weighted by Gasteiger charge is 2.31. The lowest BCUT2D eigenvalue weighted by Gasteiger charge is -2.34. The summed E-state index contributed by atoms with van der Waals surface area (Å²) in [5, 5.41) is 11.0. The topological polar surface area (TPSA) is 66.8 Å². The average Bonchev–Trinajstić information content (AvgIpc) is 2.98. The van der Waals surface area contributed by atoms with Gasteiger partial charge in [-0.1, -0.05) is 6.07 Å². The van der Waals surface area contributed by atoms with Crippen LogP contribution in [0.1, 0.15) is 30.6 Å². The van der Waals surface area contributed by atoms with Crippen molar-refractivity contribution in [2.24, 2.45) is 0 Å². The van der Waals surface area contributed by atoms with Crippen LogP contribution in [0, 0.1) is 0 Å². The molecule has 1 aromatic rings. The van der Waals surface area contributed by atoms with E-state index in [1.807, 2.05) is 24.4 Å². The molecule has 1 fully saturated rings. The second-order valence-electron chi connectivity index (χ2n) is 4.94. The summed E-state index contributed by atoms with van der Waals surface area (Å²) in [6.07, 6.45) is 1.41. The molecule has 6 heteroatoms. The minimum absolute atomic E-state index is 0.0326. The van der Waals surface area contributed by atoms with Crippen molar-refractivity contribution in [2.45, 2.75) is 31.7 Å². The predicted octanol–water partition coefficient (Wildman–Crippen LogP) is 1.94. The number of hydrogen-bond donors (Lipinski definition) is 1. The molecule has 2 heterocycles. The highest BCUT2D eigenvalue weighted by Crippen LogP contribution is 2.25. The predicted molar refractivity (Wildman–Crippen MR) is 75.9 cm³/mol. The molecule has 1 aromatic heterocycles. The summed E-state index contributed by atoms with van der Waals surface area (Å²) in [6, 6.07) is 3.78. The monoisotopic (exact) mass is 297 g/mol. The van der Waals surface area contributed by atoms with Gasteiger partial charge in [0.05, 0.1) is 5.92 Å². The zero-order valence-corrected chi connectivity index (χ0v) is 12.3. The number of thiophene rings is 1. The molecule has 0 radical (unpaired) electrons. The van der Waals surface area contributed by atoms with E-state index >= 15 is 0 Å². The third-order valence-electron chi connectivity index (χ3n) is 3.56. The molecule has 1 aliphatic heterocycles. The molecule has 0 saturated carbocycles. The molecule has 1 aliphatic rings. The first-order valence-electron chi connectivity index (χ1n) is 6.73. The molecule has 110 valence electrons. The SMILES string of the molecule is C[C@@H](C(=O)N(CC(=O)O)C1CCOCC1)c1cccs1. The maximum absolute atomic E-state index is 12.6. The first-order valence-corrected chi connectivity index (χ1v) is 7.61. The van der Waals surface area contributed by atoms with Crippen LogP contribution >= 0.6 is 11.3 Å². The number of carbonyl (C=O) groups is 2. The highest BCUT2D eigenvalue weighted by molar-refractivity contribution is 7.10. The normalized spacial score (nSPS) is 17.6. The van der Waals surface area contributed by atoms with Crippen LogP contribution in [0.25, 0.3) is 0 Å². The molecular weight excluding hydrogens is 278 g/mol. The Morgan fingerprint density at radius 3 is 2.75 bits per heavy atom. The Morgan fingerprint density at radius 1 is 1.50 bits per heavy atom. The number of amides is 1. The molecule has 1 saturated heterocycles. The molecule has 0 spiro atoms. The third kappa shape index (κ3) is 3.58. The number of carbonyl (C=O) groups excluding carboxylic acids is 1. The summed E-state index contributed by atoms with van der Waals surface area (Å²) in [5.74, 6) is -1.37. The summed E-state index contributed by atoms with van der Waals surface area (Å²) in [5.41, 5.74) is 0.